The molecule has 2 fully saturated rings. The van der Waals surface area contributed by atoms with E-state index in [4.69, 9.17) is 8.83 Å². The molecule has 3 aromatic heterocycles. The predicted molar refractivity (Wildman–Crippen MR) is 103 cm³/mol. The van der Waals surface area contributed by atoms with E-state index in [1.54, 1.807) is 23.7 Å². The minimum absolute atomic E-state index is 0.0479. The molecule has 1 unspecified atom stereocenters. The molecule has 1 atom stereocenters. The molecule has 1 N–H and O–H groups in total. The van der Waals surface area contributed by atoms with Crippen molar-refractivity contribution in [2.24, 2.45) is 11.3 Å². The molecule has 0 amide bonds. The average Bonchev–Trinajstić information content (AvgIpc) is 3.47. The zero-order valence-corrected chi connectivity index (χ0v) is 15.8. The van der Waals surface area contributed by atoms with Crippen molar-refractivity contribution in [3.63, 3.8) is 0 Å². The third-order valence-corrected chi connectivity index (χ3v) is 6.86. The van der Waals surface area contributed by atoms with Gasteiger partial charge in [0, 0.05) is 29.7 Å². The van der Waals surface area contributed by atoms with E-state index in [1.165, 1.54) is 0 Å². The van der Waals surface area contributed by atoms with Gasteiger partial charge in [-0.15, -0.1) is 11.3 Å². The Morgan fingerprint density at radius 1 is 1.19 bits per heavy atom. The maximum atomic E-state index is 12.8. The summed E-state index contributed by atoms with van der Waals surface area (Å²) in [5.74, 6) is 2.00. The summed E-state index contributed by atoms with van der Waals surface area (Å²) in [6.45, 7) is 0. The molecule has 27 heavy (non-hydrogen) atoms. The second-order valence-electron chi connectivity index (χ2n) is 8.06. The van der Waals surface area contributed by atoms with Crippen LogP contribution in [0.3, 0.4) is 0 Å². The third kappa shape index (κ3) is 3.36. The van der Waals surface area contributed by atoms with Gasteiger partial charge >= 0.3 is 5.63 Å². The van der Waals surface area contributed by atoms with Gasteiger partial charge in [-0.05, 0) is 60.6 Å². The average molecular weight is 382 g/mol. The van der Waals surface area contributed by atoms with Crippen molar-refractivity contribution in [1.82, 2.24) is 0 Å². The fourth-order valence-electron chi connectivity index (χ4n) is 4.16. The molecule has 2 saturated carbocycles. The van der Waals surface area contributed by atoms with E-state index in [9.17, 15) is 9.90 Å². The van der Waals surface area contributed by atoms with Crippen molar-refractivity contribution in [3.8, 4) is 5.75 Å². The fraction of sp³-hybridized carbons (Fsp3) is 0.409. The maximum absolute atomic E-state index is 12.8. The number of furan rings is 1. The highest BCUT2D eigenvalue weighted by atomic mass is 32.1. The highest BCUT2D eigenvalue weighted by Crippen LogP contribution is 2.52. The summed E-state index contributed by atoms with van der Waals surface area (Å²) >= 11 is 1.64. The van der Waals surface area contributed by atoms with Crippen molar-refractivity contribution in [2.75, 3.05) is 0 Å². The fourth-order valence-corrected chi connectivity index (χ4v) is 5.09. The topological polar surface area (TPSA) is 63.6 Å². The van der Waals surface area contributed by atoms with E-state index >= 15 is 0 Å². The minimum atomic E-state index is -0.385. The van der Waals surface area contributed by atoms with E-state index in [2.05, 4.69) is 0 Å². The molecular weight excluding hydrogens is 360 g/mol. The summed E-state index contributed by atoms with van der Waals surface area (Å²) in [5, 5.41) is 12.7. The van der Waals surface area contributed by atoms with E-state index in [-0.39, 0.29) is 22.7 Å². The molecule has 5 heteroatoms. The van der Waals surface area contributed by atoms with Gasteiger partial charge in [0.1, 0.15) is 17.3 Å². The highest BCUT2D eigenvalue weighted by molar-refractivity contribution is 7.10. The first-order valence-corrected chi connectivity index (χ1v) is 10.4. The molecule has 0 spiro atoms. The highest BCUT2D eigenvalue weighted by Gasteiger charge is 2.44. The van der Waals surface area contributed by atoms with Gasteiger partial charge in [0.05, 0.1) is 11.8 Å². The van der Waals surface area contributed by atoms with Crippen LogP contribution >= 0.6 is 11.3 Å². The molecule has 0 saturated heterocycles. The van der Waals surface area contributed by atoms with E-state index in [0.29, 0.717) is 23.7 Å². The van der Waals surface area contributed by atoms with Crippen molar-refractivity contribution in [3.05, 3.63) is 74.4 Å². The second kappa shape index (κ2) is 6.41. The van der Waals surface area contributed by atoms with Gasteiger partial charge in [-0.1, -0.05) is 6.07 Å². The van der Waals surface area contributed by atoms with Crippen LogP contribution < -0.4 is 5.63 Å². The lowest BCUT2D eigenvalue weighted by molar-refractivity contribution is 0.357. The normalized spacial score (nSPS) is 19.1. The standard InChI is InChI=1S/C22H22O4S/c23-17-11-16(13-22(7-8-22)12-15-3-1-9-25-15)26-21(24)20(17)19(14-5-6-14)18-4-2-10-27-18/h1-4,9-11,14,19,23H,5-8,12-13H2. The molecule has 2 aliphatic rings. The SMILES string of the molecule is O=c1oc(CC2(Cc3ccco3)CC2)cc(O)c1C(c1cccs1)C1CC1. The quantitative estimate of drug-likeness (QED) is 0.617. The lowest BCUT2D eigenvalue weighted by Gasteiger charge is -2.17. The molecule has 0 aliphatic heterocycles. The Morgan fingerprint density at radius 3 is 2.59 bits per heavy atom. The number of aromatic hydroxyl groups is 1. The number of hydrogen-bond donors (Lipinski definition) is 1. The van der Waals surface area contributed by atoms with Crippen LogP contribution in [-0.4, -0.2) is 5.11 Å². The van der Waals surface area contributed by atoms with Crippen molar-refractivity contribution < 1.29 is 13.9 Å². The molecule has 4 nitrogen and oxygen atoms in total. The smallest absolute Gasteiger partial charge is 0.343 e. The Balaban J connectivity index is 1.43. The maximum Gasteiger partial charge on any atom is 0.343 e. The van der Waals surface area contributed by atoms with Crippen LogP contribution in [0.15, 0.2) is 55.6 Å². The molecule has 5 rings (SSSR count). The second-order valence-corrected chi connectivity index (χ2v) is 9.04. The van der Waals surface area contributed by atoms with Crippen molar-refractivity contribution in [1.29, 1.82) is 0 Å². The summed E-state index contributed by atoms with van der Waals surface area (Å²) in [7, 11) is 0. The van der Waals surface area contributed by atoms with E-state index < -0.39 is 0 Å². The van der Waals surface area contributed by atoms with Crippen LogP contribution in [0.2, 0.25) is 0 Å². The summed E-state index contributed by atoms with van der Waals surface area (Å²) in [6, 6.07) is 9.59. The Kier molecular flexibility index (Phi) is 4.01. The van der Waals surface area contributed by atoms with Gasteiger partial charge in [0.2, 0.25) is 0 Å². The minimum Gasteiger partial charge on any atom is -0.507 e. The first kappa shape index (κ1) is 16.9. The van der Waals surface area contributed by atoms with Crippen LogP contribution in [0, 0.1) is 11.3 Å². The predicted octanol–water partition coefficient (Wildman–Crippen LogP) is 5.11. The summed E-state index contributed by atoms with van der Waals surface area (Å²) in [4.78, 5) is 13.9. The first-order chi connectivity index (χ1) is 13.1. The molecule has 0 radical (unpaired) electrons. The van der Waals surface area contributed by atoms with Crippen LogP contribution in [-0.2, 0) is 12.8 Å². The third-order valence-electron chi connectivity index (χ3n) is 5.91. The Labute approximate surface area is 161 Å². The Morgan fingerprint density at radius 2 is 2.00 bits per heavy atom. The Bertz CT molecular complexity index is 976. The van der Waals surface area contributed by atoms with Crippen molar-refractivity contribution >= 4 is 11.3 Å². The van der Waals surface area contributed by atoms with Gasteiger partial charge in [0.15, 0.2) is 0 Å². The molecule has 0 bridgehead atoms. The van der Waals surface area contributed by atoms with Gasteiger partial charge in [0.25, 0.3) is 0 Å². The van der Waals surface area contributed by atoms with Gasteiger partial charge in [-0.25, -0.2) is 4.79 Å². The van der Waals surface area contributed by atoms with Gasteiger partial charge in [-0.3, -0.25) is 0 Å². The van der Waals surface area contributed by atoms with Crippen LogP contribution in [0.4, 0.5) is 0 Å². The summed E-state index contributed by atoms with van der Waals surface area (Å²) in [6.07, 6.45) is 7.54. The van der Waals surface area contributed by atoms with Crippen LogP contribution in [0.1, 0.15) is 53.6 Å². The number of hydrogen-bond acceptors (Lipinski definition) is 5. The molecule has 140 valence electrons. The molecule has 0 aromatic carbocycles. The first-order valence-electron chi connectivity index (χ1n) is 9.55. The Hall–Kier alpha value is -2.27. The lowest BCUT2D eigenvalue weighted by atomic mass is 9.91. The van der Waals surface area contributed by atoms with Crippen LogP contribution in [0.25, 0.3) is 0 Å². The molecule has 2 aliphatic carbocycles. The number of rotatable bonds is 7. The van der Waals surface area contributed by atoms with Crippen LogP contribution in [0.5, 0.6) is 5.75 Å². The molecule has 3 heterocycles. The van der Waals surface area contributed by atoms with Crippen molar-refractivity contribution in [2.45, 2.75) is 44.4 Å². The zero-order chi connectivity index (χ0) is 18.4. The molecule has 3 aromatic rings. The van der Waals surface area contributed by atoms with E-state index in [1.807, 2.05) is 29.6 Å². The zero-order valence-electron chi connectivity index (χ0n) is 15.0. The summed E-state index contributed by atoms with van der Waals surface area (Å²) < 4.78 is 11.2. The lowest BCUT2D eigenvalue weighted by Crippen LogP contribution is -2.17. The van der Waals surface area contributed by atoms with E-state index in [0.717, 1.165) is 42.7 Å². The monoisotopic (exact) mass is 382 g/mol. The molecular formula is C22H22O4S. The largest absolute Gasteiger partial charge is 0.507 e. The van der Waals surface area contributed by atoms with Gasteiger partial charge < -0.3 is 13.9 Å². The van der Waals surface area contributed by atoms with Gasteiger partial charge in [-0.2, -0.15) is 0 Å². The number of thiophene rings is 1. The summed E-state index contributed by atoms with van der Waals surface area (Å²) in [5.41, 5.74) is 0.134.